The maximum Gasteiger partial charge on any atom is 0.257 e. The second-order valence-electron chi connectivity index (χ2n) is 5.04. The summed E-state index contributed by atoms with van der Waals surface area (Å²) in [7, 11) is 0. The average Bonchev–Trinajstić information content (AvgIpc) is 2.55. The van der Waals surface area contributed by atoms with E-state index in [1.165, 1.54) is 36.7 Å². The van der Waals surface area contributed by atoms with Crippen LogP contribution in [0, 0.1) is 5.82 Å². The van der Waals surface area contributed by atoms with Crippen LogP contribution >= 0.6 is 0 Å². The lowest BCUT2D eigenvalue weighted by Gasteiger charge is -2.07. The number of aromatic nitrogens is 1. The van der Waals surface area contributed by atoms with E-state index in [0.717, 1.165) is 12.8 Å². The maximum atomic E-state index is 13.1. The molecule has 1 aromatic heterocycles. The van der Waals surface area contributed by atoms with Gasteiger partial charge < -0.3 is 10.6 Å². The molecule has 1 heterocycles. The Balaban J connectivity index is 2.06. The highest BCUT2D eigenvalue weighted by molar-refractivity contribution is 6.05. The van der Waals surface area contributed by atoms with Crippen LogP contribution in [0.5, 0.6) is 0 Å². The zero-order valence-corrected chi connectivity index (χ0v) is 12.8. The molecule has 0 aliphatic carbocycles. The minimum atomic E-state index is -0.452. The van der Waals surface area contributed by atoms with Crippen LogP contribution in [0.2, 0.25) is 0 Å². The number of nitrogens with zero attached hydrogens (tertiary/aromatic N) is 1. The van der Waals surface area contributed by atoms with Gasteiger partial charge in [0.25, 0.3) is 11.8 Å². The van der Waals surface area contributed by atoms with Crippen LogP contribution in [-0.4, -0.2) is 23.3 Å². The summed E-state index contributed by atoms with van der Waals surface area (Å²) >= 11 is 0. The topological polar surface area (TPSA) is 71.1 Å². The highest BCUT2D eigenvalue weighted by Gasteiger charge is 2.11. The summed E-state index contributed by atoms with van der Waals surface area (Å²) in [6, 6.07) is 7.05. The largest absolute Gasteiger partial charge is 0.352 e. The number of amides is 2. The number of carbonyl (C=O) groups excluding carboxylic acids is 2. The van der Waals surface area contributed by atoms with Gasteiger partial charge in [0.1, 0.15) is 5.82 Å². The maximum absolute atomic E-state index is 13.1. The SMILES string of the molecule is CCCCNC(=O)c1cncc(C(=O)Nc2cccc(F)c2)c1. The molecule has 23 heavy (non-hydrogen) atoms. The Bertz CT molecular complexity index is 704. The lowest BCUT2D eigenvalue weighted by Crippen LogP contribution is -2.25. The Hall–Kier alpha value is -2.76. The summed E-state index contributed by atoms with van der Waals surface area (Å²) in [5.74, 6) is -1.16. The second-order valence-corrected chi connectivity index (χ2v) is 5.04. The van der Waals surface area contributed by atoms with Crippen molar-refractivity contribution in [3.05, 3.63) is 59.7 Å². The number of rotatable bonds is 6. The second kappa shape index (κ2) is 8.03. The molecular formula is C17H18FN3O2. The van der Waals surface area contributed by atoms with Gasteiger partial charge in [-0.05, 0) is 30.7 Å². The van der Waals surface area contributed by atoms with E-state index < -0.39 is 11.7 Å². The van der Waals surface area contributed by atoms with Crippen LogP contribution in [0.3, 0.4) is 0 Å². The van der Waals surface area contributed by atoms with Gasteiger partial charge in [0.05, 0.1) is 11.1 Å². The molecule has 0 bridgehead atoms. The summed E-state index contributed by atoms with van der Waals surface area (Å²) in [6.07, 6.45) is 4.63. The van der Waals surface area contributed by atoms with Gasteiger partial charge in [-0.3, -0.25) is 14.6 Å². The van der Waals surface area contributed by atoms with Crippen molar-refractivity contribution in [3.63, 3.8) is 0 Å². The van der Waals surface area contributed by atoms with Crippen molar-refractivity contribution in [2.24, 2.45) is 0 Å². The standard InChI is InChI=1S/C17H18FN3O2/c1-2-3-7-20-16(22)12-8-13(11-19-10-12)17(23)21-15-6-4-5-14(18)9-15/h4-6,8-11H,2-3,7H2,1H3,(H,20,22)(H,21,23). The summed E-state index contributed by atoms with van der Waals surface area (Å²) in [6.45, 7) is 2.61. The average molecular weight is 315 g/mol. The van der Waals surface area contributed by atoms with Crippen molar-refractivity contribution in [3.8, 4) is 0 Å². The monoisotopic (exact) mass is 315 g/mol. The molecule has 5 nitrogen and oxygen atoms in total. The minimum absolute atomic E-state index is 0.234. The predicted octanol–water partition coefficient (Wildman–Crippen LogP) is 3.00. The van der Waals surface area contributed by atoms with E-state index in [9.17, 15) is 14.0 Å². The summed E-state index contributed by atoms with van der Waals surface area (Å²) in [4.78, 5) is 28.0. The van der Waals surface area contributed by atoms with E-state index >= 15 is 0 Å². The first-order valence-electron chi connectivity index (χ1n) is 7.40. The molecule has 2 N–H and O–H groups in total. The van der Waals surface area contributed by atoms with Gasteiger partial charge in [0.15, 0.2) is 0 Å². The van der Waals surface area contributed by atoms with Crippen molar-refractivity contribution < 1.29 is 14.0 Å². The molecule has 2 amide bonds. The third kappa shape index (κ3) is 4.88. The summed E-state index contributed by atoms with van der Waals surface area (Å²) < 4.78 is 13.1. The molecule has 2 rings (SSSR count). The van der Waals surface area contributed by atoms with Gasteiger partial charge in [-0.1, -0.05) is 19.4 Å². The van der Waals surface area contributed by atoms with Crippen molar-refractivity contribution in [1.82, 2.24) is 10.3 Å². The highest BCUT2D eigenvalue weighted by atomic mass is 19.1. The Morgan fingerprint density at radius 2 is 1.87 bits per heavy atom. The fourth-order valence-electron chi connectivity index (χ4n) is 1.94. The smallest absolute Gasteiger partial charge is 0.257 e. The molecule has 120 valence electrons. The van der Waals surface area contributed by atoms with E-state index in [1.54, 1.807) is 6.07 Å². The molecule has 6 heteroatoms. The zero-order chi connectivity index (χ0) is 16.7. The van der Waals surface area contributed by atoms with Crippen molar-refractivity contribution in [2.45, 2.75) is 19.8 Å². The van der Waals surface area contributed by atoms with Crippen LogP contribution in [0.25, 0.3) is 0 Å². The number of hydrogen-bond acceptors (Lipinski definition) is 3. The first-order chi connectivity index (χ1) is 11.1. The van der Waals surface area contributed by atoms with Crippen molar-refractivity contribution in [1.29, 1.82) is 0 Å². The molecule has 0 aliphatic heterocycles. The van der Waals surface area contributed by atoms with E-state index in [4.69, 9.17) is 0 Å². The van der Waals surface area contributed by atoms with Gasteiger partial charge in [-0.25, -0.2) is 4.39 Å². The van der Waals surface area contributed by atoms with Crippen molar-refractivity contribution in [2.75, 3.05) is 11.9 Å². The van der Waals surface area contributed by atoms with Crippen LogP contribution in [0.4, 0.5) is 10.1 Å². The molecular weight excluding hydrogens is 297 g/mol. The Morgan fingerprint density at radius 1 is 1.13 bits per heavy atom. The van der Waals surface area contributed by atoms with Gasteiger partial charge in [0.2, 0.25) is 0 Å². The summed E-state index contributed by atoms with van der Waals surface area (Å²) in [5, 5.41) is 5.33. The summed E-state index contributed by atoms with van der Waals surface area (Å²) in [5.41, 5.74) is 0.887. The van der Waals surface area contributed by atoms with Gasteiger partial charge >= 0.3 is 0 Å². The molecule has 0 saturated heterocycles. The van der Waals surface area contributed by atoms with Gasteiger partial charge in [-0.2, -0.15) is 0 Å². The van der Waals surface area contributed by atoms with E-state index in [0.29, 0.717) is 17.8 Å². The zero-order valence-electron chi connectivity index (χ0n) is 12.8. The Morgan fingerprint density at radius 3 is 2.57 bits per heavy atom. The molecule has 2 aromatic rings. The van der Waals surface area contributed by atoms with Crippen LogP contribution < -0.4 is 10.6 Å². The minimum Gasteiger partial charge on any atom is -0.352 e. The quantitative estimate of drug-likeness (QED) is 0.805. The van der Waals surface area contributed by atoms with E-state index in [1.807, 2.05) is 6.92 Å². The predicted molar refractivity (Wildman–Crippen MR) is 85.8 cm³/mol. The molecule has 1 aromatic carbocycles. The van der Waals surface area contributed by atoms with Crippen LogP contribution in [-0.2, 0) is 0 Å². The number of pyridine rings is 1. The highest BCUT2D eigenvalue weighted by Crippen LogP contribution is 2.11. The van der Waals surface area contributed by atoms with Gasteiger partial charge in [0, 0.05) is 24.6 Å². The Labute approximate surface area is 133 Å². The van der Waals surface area contributed by atoms with Gasteiger partial charge in [-0.15, -0.1) is 0 Å². The molecule has 0 fully saturated rings. The lowest BCUT2D eigenvalue weighted by atomic mass is 10.1. The molecule has 0 unspecified atom stereocenters. The molecule has 0 saturated carbocycles. The number of hydrogen-bond donors (Lipinski definition) is 2. The first kappa shape index (κ1) is 16.6. The third-order valence-corrected chi connectivity index (χ3v) is 3.16. The normalized spacial score (nSPS) is 10.2. The van der Waals surface area contributed by atoms with Crippen LogP contribution in [0.1, 0.15) is 40.5 Å². The van der Waals surface area contributed by atoms with E-state index in [-0.39, 0.29) is 11.5 Å². The molecule has 0 aliphatic rings. The Kier molecular flexibility index (Phi) is 5.80. The molecule has 0 atom stereocenters. The number of benzene rings is 1. The molecule has 0 spiro atoms. The fourth-order valence-corrected chi connectivity index (χ4v) is 1.94. The van der Waals surface area contributed by atoms with Crippen LogP contribution in [0.15, 0.2) is 42.7 Å². The van der Waals surface area contributed by atoms with Crippen molar-refractivity contribution >= 4 is 17.5 Å². The lowest BCUT2D eigenvalue weighted by molar-refractivity contribution is 0.0953. The number of anilines is 1. The third-order valence-electron chi connectivity index (χ3n) is 3.16. The van der Waals surface area contributed by atoms with E-state index in [2.05, 4.69) is 15.6 Å². The first-order valence-corrected chi connectivity index (χ1v) is 7.40. The number of unbranched alkanes of at least 4 members (excludes halogenated alkanes) is 1. The molecule has 0 radical (unpaired) electrons. The number of halogens is 1. The number of nitrogens with one attached hydrogen (secondary N) is 2. The fraction of sp³-hybridized carbons (Fsp3) is 0.235. The number of carbonyl (C=O) groups is 2.